The van der Waals surface area contributed by atoms with E-state index in [-0.39, 0.29) is 11.7 Å². The van der Waals surface area contributed by atoms with Crippen molar-refractivity contribution in [3.8, 4) is 0 Å². The fraction of sp³-hybridized carbons (Fsp3) is 0.591. The Morgan fingerprint density at radius 1 is 1.13 bits per heavy atom. The minimum atomic E-state index is -0.942. The molecule has 0 aliphatic heterocycles. The van der Waals surface area contributed by atoms with E-state index in [0.717, 1.165) is 5.56 Å². The van der Waals surface area contributed by atoms with E-state index in [1.54, 1.807) is 33.9 Å². The second kappa shape index (κ2) is 10.2. The lowest BCUT2D eigenvalue weighted by molar-refractivity contribution is -0.141. The van der Waals surface area contributed by atoms with Crippen LogP contribution in [-0.2, 0) is 14.3 Å². The number of hydrogen-bond acceptors (Lipinski definition) is 5. The van der Waals surface area contributed by atoms with E-state index in [1.807, 2.05) is 45.9 Å². The number of nitrogens with one attached hydrogen (secondary N) is 2. The Labute approximate surface area is 185 Å². The van der Waals surface area contributed by atoms with Crippen molar-refractivity contribution in [1.29, 1.82) is 0 Å². The number of aryl methyl sites for hydroxylation is 1. The summed E-state index contributed by atoms with van der Waals surface area (Å²) >= 11 is 4.21. The van der Waals surface area contributed by atoms with Gasteiger partial charge in [0.15, 0.2) is 0 Å². The molecule has 2 atom stereocenters. The molecule has 0 aliphatic carbocycles. The molecular formula is C22H35N3O4S. The van der Waals surface area contributed by atoms with Crippen molar-refractivity contribution in [2.24, 2.45) is 0 Å². The van der Waals surface area contributed by atoms with Crippen LogP contribution in [0, 0.1) is 6.92 Å². The third-order valence-corrected chi connectivity index (χ3v) is 4.38. The number of nitrogens with zero attached hydrogens (tertiary/aromatic N) is 1. The third-order valence-electron chi connectivity index (χ3n) is 4.01. The van der Waals surface area contributed by atoms with Gasteiger partial charge in [0.1, 0.15) is 17.7 Å². The molecule has 0 bridgehead atoms. The Morgan fingerprint density at radius 3 is 2.20 bits per heavy atom. The number of thiol groups is 1. The fourth-order valence-electron chi connectivity index (χ4n) is 2.84. The first-order chi connectivity index (χ1) is 13.6. The van der Waals surface area contributed by atoms with Crippen LogP contribution in [0.15, 0.2) is 24.3 Å². The van der Waals surface area contributed by atoms with Gasteiger partial charge in [-0.25, -0.2) is 4.79 Å². The summed E-state index contributed by atoms with van der Waals surface area (Å²) in [7, 11) is 1.55. The molecular weight excluding hydrogens is 402 g/mol. The van der Waals surface area contributed by atoms with E-state index in [9.17, 15) is 14.4 Å². The van der Waals surface area contributed by atoms with Crippen LogP contribution in [0.5, 0.6) is 0 Å². The maximum absolute atomic E-state index is 13.2. The Morgan fingerprint density at radius 2 is 1.73 bits per heavy atom. The van der Waals surface area contributed by atoms with Crippen molar-refractivity contribution >= 4 is 30.5 Å². The van der Waals surface area contributed by atoms with Gasteiger partial charge in [-0.3, -0.25) is 9.59 Å². The maximum Gasteiger partial charge on any atom is 0.408 e. The summed E-state index contributed by atoms with van der Waals surface area (Å²) in [6.45, 7) is 12.8. The topological polar surface area (TPSA) is 87.7 Å². The first kappa shape index (κ1) is 25.8. The third kappa shape index (κ3) is 8.26. The van der Waals surface area contributed by atoms with E-state index < -0.39 is 35.2 Å². The quantitative estimate of drug-likeness (QED) is 0.596. The van der Waals surface area contributed by atoms with Gasteiger partial charge in [0, 0.05) is 18.3 Å². The van der Waals surface area contributed by atoms with Gasteiger partial charge in [-0.15, -0.1) is 0 Å². The standard InChI is InChI=1S/C22H35N3O4S/c1-14-10-9-11-15(12-14)17(18(26)24-21(2,3)4)25(8)19(27)16(13-30)23-20(28)29-22(5,6)7/h9-12,16-17,30H,13H2,1-8H3,(H,23,28)(H,24,26). The van der Waals surface area contributed by atoms with Gasteiger partial charge in [-0.05, 0) is 54.0 Å². The van der Waals surface area contributed by atoms with Crippen LogP contribution in [-0.4, -0.2) is 52.8 Å². The van der Waals surface area contributed by atoms with Crippen LogP contribution in [0.3, 0.4) is 0 Å². The summed E-state index contributed by atoms with van der Waals surface area (Å²) < 4.78 is 5.24. The number of carbonyl (C=O) groups is 3. The number of hydrogen-bond donors (Lipinski definition) is 3. The van der Waals surface area contributed by atoms with Gasteiger partial charge < -0.3 is 20.3 Å². The second-order valence-electron chi connectivity index (χ2n) is 9.39. The lowest BCUT2D eigenvalue weighted by Crippen LogP contribution is -2.54. The summed E-state index contributed by atoms with van der Waals surface area (Å²) in [5, 5.41) is 5.49. The molecule has 0 saturated heterocycles. The van der Waals surface area contributed by atoms with Gasteiger partial charge in [-0.2, -0.15) is 12.6 Å². The van der Waals surface area contributed by atoms with E-state index in [4.69, 9.17) is 4.74 Å². The number of amides is 3. The van der Waals surface area contributed by atoms with Crippen LogP contribution in [0.25, 0.3) is 0 Å². The van der Waals surface area contributed by atoms with E-state index in [0.29, 0.717) is 5.56 Å². The first-order valence-electron chi connectivity index (χ1n) is 9.90. The lowest BCUT2D eigenvalue weighted by Gasteiger charge is -2.33. The molecule has 0 radical (unpaired) electrons. The number of carbonyl (C=O) groups excluding carboxylic acids is 3. The molecule has 3 amide bonds. The molecule has 1 rings (SSSR count). The first-order valence-corrected chi connectivity index (χ1v) is 10.5. The maximum atomic E-state index is 13.2. The van der Waals surface area contributed by atoms with Crippen LogP contribution < -0.4 is 10.6 Å². The van der Waals surface area contributed by atoms with Gasteiger partial charge in [-0.1, -0.05) is 29.8 Å². The molecule has 0 fully saturated rings. The molecule has 0 spiro atoms. The van der Waals surface area contributed by atoms with Crippen molar-refractivity contribution in [3.63, 3.8) is 0 Å². The number of rotatable bonds is 6. The molecule has 30 heavy (non-hydrogen) atoms. The second-order valence-corrected chi connectivity index (χ2v) is 9.75. The highest BCUT2D eigenvalue weighted by Crippen LogP contribution is 2.23. The Kier molecular flexibility index (Phi) is 8.77. The molecule has 1 aromatic carbocycles. The van der Waals surface area contributed by atoms with E-state index in [2.05, 4.69) is 23.3 Å². The predicted molar refractivity (Wildman–Crippen MR) is 122 cm³/mol. The number of likely N-dealkylation sites (N-methyl/N-ethyl adjacent to an activating group) is 1. The fourth-order valence-corrected chi connectivity index (χ4v) is 3.08. The van der Waals surface area contributed by atoms with E-state index >= 15 is 0 Å². The zero-order valence-electron chi connectivity index (χ0n) is 19.2. The molecule has 1 aromatic rings. The van der Waals surface area contributed by atoms with Crippen molar-refractivity contribution < 1.29 is 19.1 Å². The SMILES string of the molecule is Cc1cccc(C(C(=O)NC(C)(C)C)N(C)C(=O)C(CS)NC(=O)OC(C)(C)C)c1. The Bertz CT molecular complexity index is 768. The molecule has 7 nitrogen and oxygen atoms in total. The van der Waals surface area contributed by atoms with Gasteiger partial charge in [0.25, 0.3) is 0 Å². The predicted octanol–water partition coefficient (Wildman–Crippen LogP) is 3.23. The highest BCUT2D eigenvalue weighted by Gasteiger charge is 2.34. The van der Waals surface area contributed by atoms with Crippen molar-refractivity contribution in [2.45, 2.75) is 71.7 Å². The van der Waals surface area contributed by atoms with Crippen molar-refractivity contribution in [3.05, 3.63) is 35.4 Å². The van der Waals surface area contributed by atoms with E-state index in [1.165, 1.54) is 4.90 Å². The smallest absolute Gasteiger partial charge is 0.408 e. The summed E-state index contributed by atoms with van der Waals surface area (Å²) in [4.78, 5) is 39.8. The summed E-state index contributed by atoms with van der Waals surface area (Å²) in [6, 6.07) is 5.64. The molecule has 2 N–H and O–H groups in total. The highest BCUT2D eigenvalue weighted by atomic mass is 32.1. The summed E-state index contributed by atoms with van der Waals surface area (Å²) in [5.74, 6) is -0.685. The summed E-state index contributed by atoms with van der Waals surface area (Å²) in [6.07, 6.45) is -0.713. The zero-order valence-corrected chi connectivity index (χ0v) is 20.1. The average molecular weight is 438 g/mol. The van der Waals surface area contributed by atoms with Crippen molar-refractivity contribution in [1.82, 2.24) is 15.5 Å². The molecule has 2 unspecified atom stereocenters. The normalized spacial score (nSPS) is 13.8. The van der Waals surface area contributed by atoms with Crippen molar-refractivity contribution in [2.75, 3.05) is 12.8 Å². The number of ether oxygens (including phenoxy) is 1. The zero-order chi connectivity index (χ0) is 23.3. The summed E-state index contributed by atoms with van der Waals surface area (Å²) in [5.41, 5.74) is 0.486. The van der Waals surface area contributed by atoms with Crippen LogP contribution in [0.2, 0.25) is 0 Å². The van der Waals surface area contributed by atoms with Gasteiger partial charge >= 0.3 is 6.09 Å². The molecule has 0 aromatic heterocycles. The minimum Gasteiger partial charge on any atom is -0.444 e. The molecule has 0 heterocycles. The minimum absolute atomic E-state index is 0.0594. The van der Waals surface area contributed by atoms with Crippen LogP contribution in [0.4, 0.5) is 4.79 Å². The molecule has 8 heteroatoms. The van der Waals surface area contributed by atoms with Gasteiger partial charge in [0.05, 0.1) is 0 Å². The molecule has 0 aliphatic rings. The van der Waals surface area contributed by atoms with Crippen LogP contribution in [0.1, 0.15) is 58.7 Å². The number of benzene rings is 1. The largest absolute Gasteiger partial charge is 0.444 e. The Hall–Kier alpha value is -2.22. The Balaban J connectivity index is 3.17. The average Bonchev–Trinajstić information content (AvgIpc) is 2.56. The number of alkyl carbamates (subject to hydrolysis) is 1. The molecule has 0 saturated carbocycles. The van der Waals surface area contributed by atoms with Gasteiger partial charge in [0.2, 0.25) is 11.8 Å². The molecule has 168 valence electrons. The lowest BCUT2D eigenvalue weighted by atomic mass is 10.00. The van der Waals surface area contributed by atoms with Crippen LogP contribution >= 0.6 is 12.6 Å². The highest BCUT2D eigenvalue weighted by molar-refractivity contribution is 7.80. The monoisotopic (exact) mass is 437 g/mol.